The van der Waals surface area contributed by atoms with Gasteiger partial charge in [0.25, 0.3) is 0 Å². The molecule has 1 saturated carbocycles. The van der Waals surface area contributed by atoms with Crippen LogP contribution in [0.1, 0.15) is 68.1 Å². The van der Waals surface area contributed by atoms with Crippen LogP contribution < -0.4 is 10.1 Å². The molecule has 3 rings (SSSR count). The summed E-state index contributed by atoms with van der Waals surface area (Å²) in [5.74, 6) is 1.80. The number of methoxy groups -OCH3 is 1. The lowest BCUT2D eigenvalue weighted by atomic mass is 10.0. The third-order valence-corrected chi connectivity index (χ3v) is 6.16. The number of rotatable bonds is 9. The lowest BCUT2D eigenvalue weighted by molar-refractivity contribution is -0.122. The van der Waals surface area contributed by atoms with Crippen LogP contribution in [-0.4, -0.2) is 49.4 Å². The van der Waals surface area contributed by atoms with Crippen LogP contribution in [0.4, 0.5) is 0 Å². The minimum atomic E-state index is 0.0793. The second kappa shape index (κ2) is 10.6. The molecule has 0 aromatic heterocycles. The van der Waals surface area contributed by atoms with E-state index in [2.05, 4.69) is 10.2 Å². The van der Waals surface area contributed by atoms with Crippen LogP contribution in [-0.2, 0) is 4.79 Å². The van der Waals surface area contributed by atoms with E-state index in [1.54, 1.807) is 31.4 Å². The van der Waals surface area contributed by atoms with Gasteiger partial charge in [-0.25, -0.2) is 0 Å². The van der Waals surface area contributed by atoms with E-state index in [0.29, 0.717) is 30.9 Å². The van der Waals surface area contributed by atoms with Crippen LogP contribution in [0.15, 0.2) is 24.3 Å². The molecule has 0 radical (unpaired) electrons. The zero-order valence-electron chi connectivity index (χ0n) is 17.1. The summed E-state index contributed by atoms with van der Waals surface area (Å²) in [4.78, 5) is 27.0. The van der Waals surface area contributed by atoms with Crippen LogP contribution >= 0.6 is 0 Å². The van der Waals surface area contributed by atoms with E-state index >= 15 is 0 Å². The number of benzene rings is 1. The molecule has 0 bridgehead atoms. The van der Waals surface area contributed by atoms with Gasteiger partial charge in [-0.3, -0.25) is 9.59 Å². The molecule has 1 N–H and O–H groups in total. The van der Waals surface area contributed by atoms with Crippen molar-refractivity contribution in [3.8, 4) is 5.75 Å². The molecule has 0 spiro atoms. The van der Waals surface area contributed by atoms with Crippen molar-refractivity contribution in [2.24, 2.45) is 5.92 Å². The molecular weight excluding hydrogens is 352 g/mol. The summed E-state index contributed by atoms with van der Waals surface area (Å²) in [7, 11) is 1.61. The number of carbonyl (C=O) groups excluding carboxylic acids is 2. The molecule has 2 fully saturated rings. The average molecular weight is 387 g/mol. The lowest BCUT2D eigenvalue weighted by Crippen LogP contribution is -2.45. The van der Waals surface area contributed by atoms with Crippen molar-refractivity contribution >= 4 is 11.7 Å². The van der Waals surface area contributed by atoms with Gasteiger partial charge in [0.2, 0.25) is 5.91 Å². The minimum absolute atomic E-state index is 0.0793. The fraction of sp³-hybridized carbons (Fsp3) is 0.652. The van der Waals surface area contributed by atoms with E-state index < -0.39 is 0 Å². The SMILES string of the molecule is COc1ccc(C(=O)CCCC(=O)NC2CCN(CC3CCCC3)CC2)cc1. The maximum absolute atomic E-state index is 12.2. The van der Waals surface area contributed by atoms with E-state index in [-0.39, 0.29) is 11.7 Å². The predicted octanol–water partition coefficient (Wildman–Crippen LogP) is 3.82. The maximum atomic E-state index is 12.2. The number of amides is 1. The molecule has 1 amide bonds. The van der Waals surface area contributed by atoms with Crippen molar-refractivity contribution in [1.29, 1.82) is 0 Å². The molecule has 2 aliphatic rings. The van der Waals surface area contributed by atoms with Gasteiger partial charge in [-0.1, -0.05) is 12.8 Å². The highest BCUT2D eigenvalue weighted by molar-refractivity contribution is 5.96. The van der Waals surface area contributed by atoms with Crippen molar-refractivity contribution < 1.29 is 14.3 Å². The number of carbonyl (C=O) groups is 2. The number of hydrogen-bond donors (Lipinski definition) is 1. The summed E-state index contributed by atoms with van der Waals surface area (Å²) in [5, 5.41) is 3.17. The first kappa shape index (κ1) is 20.8. The monoisotopic (exact) mass is 386 g/mol. The number of Topliss-reactive ketones (excluding diaryl/α,β-unsaturated/α-hetero) is 1. The number of ether oxygens (including phenoxy) is 1. The van der Waals surface area contributed by atoms with Crippen LogP contribution in [0.25, 0.3) is 0 Å². The van der Waals surface area contributed by atoms with Crippen LogP contribution in [0.2, 0.25) is 0 Å². The Morgan fingerprint density at radius 1 is 1.04 bits per heavy atom. The van der Waals surface area contributed by atoms with Gasteiger partial charge in [-0.15, -0.1) is 0 Å². The van der Waals surface area contributed by atoms with Crippen LogP contribution in [0, 0.1) is 5.92 Å². The molecule has 154 valence electrons. The standard InChI is InChI=1S/C23H34N2O3/c1-28-21-11-9-19(10-12-21)22(26)7-4-8-23(27)24-20-13-15-25(16-14-20)17-18-5-2-3-6-18/h9-12,18,20H,2-8,13-17H2,1H3,(H,24,27). The quantitative estimate of drug-likeness (QED) is 0.656. The first-order chi connectivity index (χ1) is 13.6. The fourth-order valence-electron chi connectivity index (χ4n) is 4.45. The molecule has 1 aromatic carbocycles. The molecule has 1 heterocycles. The molecule has 0 unspecified atom stereocenters. The fourth-order valence-corrected chi connectivity index (χ4v) is 4.45. The number of piperidine rings is 1. The Labute approximate surface area is 168 Å². The van der Waals surface area contributed by atoms with E-state index in [1.807, 2.05) is 0 Å². The maximum Gasteiger partial charge on any atom is 0.220 e. The van der Waals surface area contributed by atoms with Gasteiger partial charge in [0.05, 0.1) is 7.11 Å². The van der Waals surface area contributed by atoms with Gasteiger partial charge < -0.3 is 15.0 Å². The molecule has 1 aliphatic carbocycles. The van der Waals surface area contributed by atoms with E-state index in [4.69, 9.17) is 4.74 Å². The number of nitrogens with one attached hydrogen (secondary N) is 1. The highest BCUT2D eigenvalue weighted by atomic mass is 16.5. The Morgan fingerprint density at radius 3 is 2.36 bits per heavy atom. The summed E-state index contributed by atoms with van der Waals surface area (Å²) in [6.45, 7) is 3.43. The normalized spacial score (nSPS) is 18.9. The van der Waals surface area contributed by atoms with Crippen molar-refractivity contribution in [2.45, 2.75) is 63.8 Å². The first-order valence-electron chi connectivity index (χ1n) is 10.8. The summed E-state index contributed by atoms with van der Waals surface area (Å²) in [6.07, 6.45) is 9.10. The Bertz CT molecular complexity index is 630. The summed E-state index contributed by atoms with van der Waals surface area (Å²) < 4.78 is 5.11. The predicted molar refractivity (Wildman–Crippen MR) is 111 cm³/mol. The average Bonchev–Trinajstić information content (AvgIpc) is 3.22. The van der Waals surface area contributed by atoms with Crippen molar-refractivity contribution in [1.82, 2.24) is 10.2 Å². The molecule has 1 aliphatic heterocycles. The van der Waals surface area contributed by atoms with Gasteiger partial charge in [0.1, 0.15) is 5.75 Å². The topological polar surface area (TPSA) is 58.6 Å². The Hall–Kier alpha value is -1.88. The van der Waals surface area contributed by atoms with Crippen molar-refractivity contribution in [2.75, 3.05) is 26.7 Å². The number of ketones is 1. The Balaban J connectivity index is 1.29. The summed E-state index contributed by atoms with van der Waals surface area (Å²) in [6, 6.07) is 7.43. The Morgan fingerprint density at radius 2 is 1.71 bits per heavy atom. The number of hydrogen-bond acceptors (Lipinski definition) is 4. The smallest absolute Gasteiger partial charge is 0.220 e. The van der Waals surface area contributed by atoms with Gasteiger partial charge in [0, 0.05) is 44.1 Å². The van der Waals surface area contributed by atoms with Crippen LogP contribution in [0.5, 0.6) is 5.75 Å². The molecule has 28 heavy (non-hydrogen) atoms. The molecule has 1 saturated heterocycles. The molecule has 1 aromatic rings. The second-order valence-electron chi connectivity index (χ2n) is 8.30. The molecule has 5 heteroatoms. The highest BCUT2D eigenvalue weighted by Crippen LogP contribution is 2.26. The summed E-state index contributed by atoms with van der Waals surface area (Å²) >= 11 is 0. The summed E-state index contributed by atoms with van der Waals surface area (Å²) in [5.41, 5.74) is 0.677. The largest absolute Gasteiger partial charge is 0.497 e. The number of likely N-dealkylation sites (tertiary alicyclic amines) is 1. The molecule has 0 atom stereocenters. The lowest BCUT2D eigenvalue weighted by Gasteiger charge is -2.33. The van der Waals surface area contributed by atoms with Gasteiger partial charge >= 0.3 is 0 Å². The zero-order chi connectivity index (χ0) is 19.8. The number of nitrogens with zero attached hydrogens (tertiary/aromatic N) is 1. The third kappa shape index (κ3) is 6.33. The van der Waals surface area contributed by atoms with Gasteiger partial charge in [-0.2, -0.15) is 0 Å². The molecular formula is C23H34N2O3. The minimum Gasteiger partial charge on any atom is -0.497 e. The molecule has 5 nitrogen and oxygen atoms in total. The first-order valence-corrected chi connectivity index (χ1v) is 10.8. The van der Waals surface area contributed by atoms with Gasteiger partial charge in [0.15, 0.2) is 5.78 Å². The zero-order valence-corrected chi connectivity index (χ0v) is 17.1. The third-order valence-electron chi connectivity index (χ3n) is 6.16. The van der Waals surface area contributed by atoms with E-state index in [9.17, 15) is 9.59 Å². The van der Waals surface area contributed by atoms with Crippen molar-refractivity contribution in [3.05, 3.63) is 29.8 Å². The second-order valence-corrected chi connectivity index (χ2v) is 8.30. The van der Waals surface area contributed by atoms with E-state index in [1.165, 1.54) is 32.2 Å². The Kier molecular flexibility index (Phi) is 7.90. The van der Waals surface area contributed by atoms with Crippen LogP contribution in [0.3, 0.4) is 0 Å². The highest BCUT2D eigenvalue weighted by Gasteiger charge is 2.24. The van der Waals surface area contributed by atoms with E-state index in [0.717, 1.165) is 37.6 Å². The van der Waals surface area contributed by atoms with Crippen molar-refractivity contribution in [3.63, 3.8) is 0 Å². The van der Waals surface area contributed by atoms with Gasteiger partial charge in [-0.05, 0) is 62.3 Å².